The minimum absolute atomic E-state index is 0.359. The molecule has 3 nitrogen and oxygen atoms in total. The summed E-state index contributed by atoms with van der Waals surface area (Å²) in [6.07, 6.45) is 2.30. The molecule has 1 aliphatic heterocycles. The maximum Gasteiger partial charge on any atom is 0.165 e. The van der Waals surface area contributed by atoms with E-state index in [1.165, 1.54) is 6.42 Å². The molecule has 4 heteroatoms. The summed E-state index contributed by atoms with van der Waals surface area (Å²) in [6, 6.07) is 2.01. The molecule has 1 heterocycles. The van der Waals surface area contributed by atoms with E-state index in [4.69, 9.17) is 21.1 Å². The Morgan fingerprint density at radius 3 is 2.55 bits per heavy atom. The molecule has 1 aromatic rings. The van der Waals surface area contributed by atoms with Gasteiger partial charge in [0.05, 0.1) is 19.2 Å². The number of piperidine rings is 1. The largest absolute Gasteiger partial charge is 0.493 e. The van der Waals surface area contributed by atoms with Crippen molar-refractivity contribution < 1.29 is 9.47 Å². The average molecular weight is 298 g/mol. The summed E-state index contributed by atoms with van der Waals surface area (Å²) in [4.78, 5) is 0. The van der Waals surface area contributed by atoms with Crippen molar-refractivity contribution in [3.8, 4) is 11.5 Å². The molecule has 1 fully saturated rings. The van der Waals surface area contributed by atoms with Crippen molar-refractivity contribution >= 4 is 11.6 Å². The molecule has 1 atom stereocenters. The fourth-order valence-electron chi connectivity index (χ4n) is 2.90. The van der Waals surface area contributed by atoms with Crippen LogP contribution < -0.4 is 14.8 Å². The number of hydrogen-bond acceptors (Lipinski definition) is 3. The van der Waals surface area contributed by atoms with Crippen LogP contribution in [0, 0.1) is 0 Å². The molecule has 0 amide bonds. The number of ether oxygens (including phenoxy) is 2. The second-order valence-electron chi connectivity index (χ2n) is 5.63. The Morgan fingerprint density at radius 1 is 1.30 bits per heavy atom. The van der Waals surface area contributed by atoms with Gasteiger partial charge in [0.15, 0.2) is 11.5 Å². The van der Waals surface area contributed by atoms with Gasteiger partial charge < -0.3 is 14.8 Å². The van der Waals surface area contributed by atoms with Crippen LogP contribution in [0.5, 0.6) is 11.5 Å². The van der Waals surface area contributed by atoms with Crippen LogP contribution in [0.25, 0.3) is 0 Å². The molecular weight excluding hydrogens is 274 g/mol. The molecule has 0 radical (unpaired) electrons. The Hall–Kier alpha value is -0.930. The Kier molecular flexibility index (Phi) is 5.17. The fourth-order valence-corrected chi connectivity index (χ4v) is 3.42. The summed E-state index contributed by atoms with van der Waals surface area (Å²) < 4.78 is 11.1. The highest BCUT2D eigenvalue weighted by Crippen LogP contribution is 2.46. The minimum atomic E-state index is 0.359. The lowest BCUT2D eigenvalue weighted by Gasteiger charge is -2.28. The van der Waals surface area contributed by atoms with E-state index in [0.29, 0.717) is 11.8 Å². The van der Waals surface area contributed by atoms with Crippen LogP contribution in [-0.2, 0) is 0 Å². The minimum Gasteiger partial charge on any atom is -0.493 e. The second-order valence-corrected chi connectivity index (χ2v) is 6.00. The predicted molar refractivity (Wildman–Crippen MR) is 83.5 cm³/mol. The van der Waals surface area contributed by atoms with Crippen molar-refractivity contribution in [3.63, 3.8) is 0 Å². The summed E-state index contributed by atoms with van der Waals surface area (Å²) >= 11 is 6.69. The summed E-state index contributed by atoms with van der Waals surface area (Å²) in [5.41, 5.74) is 2.23. The van der Waals surface area contributed by atoms with Crippen LogP contribution in [0.3, 0.4) is 0 Å². The van der Waals surface area contributed by atoms with E-state index >= 15 is 0 Å². The van der Waals surface area contributed by atoms with Gasteiger partial charge in [0.2, 0.25) is 0 Å². The van der Waals surface area contributed by atoms with Crippen LogP contribution in [-0.4, -0.2) is 27.3 Å². The van der Waals surface area contributed by atoms with Crippen molar-refractivity contribution in [2.75, 3.05) is 27.3 Å². The third-order valence-corrected chi connectivity index (χ3v) is 4.42. The van der Waals surface area contributed by atoms with Gasteiger partial charge in [0.1, 0.15) is 0 Å². The third kappa shape index (κ3) is 2.89. The van der Waals surface area contributed by atoms with Gasteiger partial charge in [-0.3, -0.25) is 0 Å². The van der Waals surface area contributed by atoms with E-state index in [0.717, 1.165) is 47.2 Å². The van der Waals surface area contributed by atoms with E-state index in [1.54, 1.807) is 14.2 Å². The molecule has 112 valence electrons. The predicted octanol–water partition coefficient (Wildman–Crippen LogP) is 3.95. The third-order valence-electron chi connectivity index (χ3n) is 4.00. The molecule has 20 heavy (non-hydrogen) atoms. The van der Waals surface area contributed by atoms with Crippen LogP contribution in [0.15, 0.2) is 6.07 Å². The van der Waals surface area contributed by atoms with Gasteiger partial charge in [-0.25, -0.2) is 0 Å². The van der Waals surface area contributed by atoms with E-state index in [2.05, 4.69) is 19.2 Å². The number of rotatable bonds is 4. The van der Waals surface area contributed by atoms with Crippen molar-refractivity contribution in [2.24, 2.45) is 0 Å². The lowest BCUT2D eigenvalue weighted by Crippen LogP contribution is -2.29. The molecule has 0 spiro atoms. The van der Waals surface area contributed by atoms with Crippen molar-refractivity contribution in [1.82, 2.24) is 5.32 Å². The quantitative estimate of drug-likeness (QED) is 0.913. The molecule has 0 aromatic heterocycles. The van der Waals surface area contributed by atoms with Crippen LogP contribution in [0.2, 0.25) is 5.02 Å². The molecule has 0 saturated carbocycles. The normalized spacial score (nSPS) is 19.2. The molecule has 0 aliphatic carbocycles. The zero-order valence-electron chi connectivity index (χ0n) is 12.8. The first-order valence-electron chi connectivity index (χ1n) is 7.25. The maximum absolute atomic E-state index is 6.69. The zero-order chi connectivity index (χ0) is 14.7. The average Bonchev–Trinajstić information content (AvgIpc) is 2.47. The van der Waals surface area contributed by atoms with Gasteiger partial charge in [-0.05, 0) is 36.9 Å². The topological polar surface area (TPSA) is 30.5 Å². The molecule has 2 rings (SSSR count). The fraction of sp³-hybridized carbons (Fsp3) is 0.625. The molecule has 1 saturated heterocycles. The molecular formula is C16H24ClNO2. The van der Waals surface area contributed by atoms with Gasteiger partial charge in [0, 0.05) is 18.0 Å². The monoisotopic (exact) mass is 297 g/mol. The van der Waals surface area contributed by atoms with Crippen molar-refractivity contribution in [1.29, 1.82) is 0 Å². The highest BCUT2D eigenvalue weighted by atomic mass is 35.5. The number of halogens is 1. The zero-order valence-corrected chi connectivity index (χ0v) is 13.5. The lowest BCUT2D eigenvalue weighted by atomic mass is 9.87. The van der Waals surface area contributed by atoms with Crippen molar-refractivity contribution in [3.05, 3.63) is 22.2 Å². The Morgan fingerprint density at radius 2 is 2.05 bits per heavy atom. The van der Waals surface area contributed by atoms with Crippen LogP contribution in [0.1, 0.15) is 49.7 Å². The molecule has 1 N–H and O–H groups in total. The number of methoxy groups -OCH3 is 2. The first-order valence-corrected chi connectivity index (χ1v) is 7.62. The Bertz CT molecular complexity index is 468. The number of hydrogen-bond donors (Lipinski definition) is 1. The van der Waals surface area contributed by atoms with Crippen molar-refractivity contribution in [2.45, 2.75) is 38.5 Å². The maximum atomic E-state index is 6.69. The van der Waals surface area contributed by atoms with Gasteiger partial charge in [-0.15, -0.1) is 0 Å². The standard InChI is InChI=1S/C16H24ClNO2/c1-10(2)12-8-13(19-3)16(20-4)14(15(12)17)11-6-5-7-18-9-11/h8,10-11,18H,5-7,9H2,1-4H3. The van der Waals surface area contributed by atoms with Crippen LogP contribution in [0.4, 0.5) is 0 Å². The van der Waals surface area contributed by atoms with E-state index < -0.39 is 0 Å². The Balaban J connectivity index is 2.57. The Labute approximate surface area is 126 Å². The highest BCUT2D eigenvalue weighted by Gasteiger charge is 2.27. The first-order chi connectivity index (χ1) is 9.60. The molecule has 0 bridgehead atoms. The van der Waals surface area contributed by atoms with Gasteiger partial charge in [-0.1, -0.05) is 25.4 Å². The summed E-state index contributed by atoms with van der Waals surface area (Å²) in [7, 11) is 3.36. The molecule has 1 unspecified atom stereocenters. The number of nitrogens with one attached hydrogen (secondary N) is 1. The van der Waals surface area contributed by atoms with Gasteiger partial charge in [-0.2, -0.15) is 0 Å². The van der Waals surface area contributed by atoms with E-state index in [-0.39, 0.29) is 0 Å². The summed E-state index contributed by atoms with van der Waals surface area (Å²) in [5.74, 6) is 2.31. The summed E-state index contributed by atoms with van der Waals surface area (Å²) in [6.45, 7) is 6.32. The first kappa shape index (κ1) is 15.5. The van der Waals surface area contributed by atoms with E-state index in [9.17, 15) is 0 Å². The second kappa shape index (κ2) is 6.68. The van der Waals surface area contributed by atoms with Crippen LogP contribution >= 0.6 is 11.6 Å². The molecule has 1 aromatic carbocycles. The van der Waals surface area contributed by atoms with E-state index in [1.807, 2.05) is 6.07 Å². The lowest BCUT2D eigenvalue weighted by molar-refractivity contribution is 0.344. The number of benzene rings is 1. The SMILES string of the molecule is COc1cc(C(C)C)c(Cl)c(C2CCCNC2)c1OC. The van der Waals surface area contributed by atoms with Gasteiger partial charge in [0.25, 0.3) is 0 Å². The summed E-state index contributed by atoms with van der Waals surface area (Å²) in [5, 5.41) is 4.28. The highest BCUT2D eigenvalue weighted by molar-refractivity contribution is 6.32. The smallest absolute Gasteiger partial charge is 0.165 e. The van der Waals surface area contributed by atoms with Gasteiger partial charge >= 0.3 is 0 Å². The molecule has 1 aliphatic rings.